The Labute approximate surface area is 182 Å². The van der Waals surface area contributed by atoms with E-state index in [1.54, 1.807) is 13.3 Å². The minimum atomic E-state index is 0.724. The minimum Gasteiger partial charge on any atom is -0.496 e. The van der Waals surface area contributed by atoms with Crippen LogP contribution in [-0.4, -0.2) is 24.9 Å². The van der Waals surface area contributed by atoms with E-state index < -0.39 is 0 Å². The van der Waals surface area contributed by atoms with Crippen LogP contribution in [0.5, 0.6) is 11.5 Å². The summed E-state index contributed by atoms with van der Waals surface area (Å²) < 4.78 is 11.4. The van der Waals surface area contributed by atoms with Gasteiger partial charge in [0.25, 0.3) is 0 Å². The minimum absolute atomic E-state index is 0.724. The van der Waals surface area contributed by atoms with Crippen molar-refractivity contribution in [1.29, 1.82) is 0 Å². The highest BCUT2D eigenvalue weighted by molar-refractivity contribution is 7.14. The van der Waals surface area contributed by atoms with Crippen molar-refractivity contribution in [2.75, 3.05) is 19.1 Å². The molecule has 0 atom stereocenters. The Morgan fingerprint density at radius 1 is 1.00 bits per heavy atom. The van der Waals surface area contributed by atoms with Crippen LogP contribution in [0.15, 0.2) is 59.0 Å². The summed E-state index contributed by atoms with van der Waals surface area (Å²) in [6.45, 7) is 2.96. The summed E-state index contributed by atoms with van der Waals surface area (Å²) in [6, 6.07) is 15.8. The fraction of sp³-hybridized carbons (Fsp3) is 0.333. The second-order valence-corrected chi connectivity index (χ2v) is 7.77. The molecule has 0 aliphatic heterocycles. The van der Waals surface area contributed by atoms with Gasteiger partial charge in [-0.2, -0.15) is 5.10 Å². The normalized spacial score (nSPS) is 11.0. The van der Waals surface area contributed by atoms with Gasteiger partial charge in [0, 0.05) is 16.5 Å². The molecule has 1 heterocycles. The van der Waals surface area contributed by atoms with Crippen LogP contribution < -0.4 is 14.9 Å². The number of rotatable bonds is 12. The molecule has 30 heavy (non-hydrogen) atoms. The van der Waals surface area contributed by atoms with E-state index in [4.69, 9.17) is 9.47 Å². The maximum absolute atomic E-state index is 5.96. The number of thiazole rings is 1. The van der Waals surface area contributed by atoms with Crippen molar-refractivity contribution in [1.82, 2.24) is 4.98 Å². The van der Waals surface area contributed by atoms with Crippen LogP contribution in [0.2, 0.25) is 0 Å². The molecule has 0 amide bonds. The molecule has 3 aromatic rings. The number of anilines is 1. The zero-order valence-electron chi connectivity index (χ0n) is 17.6. The van der Waals surface area contributed by atoms with Crippen molar-refractivity contribution < 1.29 is 9.47 Å². The molecular formula is C24H29N3O2S. The van der Waals surface area contributed by atoms with Crippen LogP contribution in [0.1, 0.15) is 44.6 Å². The predicted octanol–water partition coefficient (Wildman–Crippen LogP) is 6.61. The number of benzene rings is 2. The number of ether oxygens (including phenoxy) is 2. The first-order valence-electron chi connectivity index (χ1n) is 10.4. The highest BCUT2D eigenvalue weighted by Crippen LogP contribution is 2.31. The number of aromatic nitrogens is 1. The van der Waals surface area contributed by atoms with E-state index in [9.17, 15) is 0 Å². The lowest BCUT2D eigenvalue weighted by Gasteiger charge is -2.08. The third-order valence-corrected chi connectivity index (χ3v) is 5.42. The number of para-hydroxylation sites is 2. The molecule has 6 heteroatoms. The molecule has 0 saturated heterocycles. The van der Waals surface area contributed by atoms with E-state index in [0.29, 0.717) is 0 Å². The Morgan fingerprint density at radius 3 is 2.60 bits per heavy atom. The molecule has 1 N–H and O–H groups in total. The van der Waals surface area contributed by atoms with Gasteiger partial charge in [0.1, 0.15) is 11.5 Å². The van der Waals surface area contributed by atoms with Crippen molar-refractivity contribution in [2.24, 2.45) is 5.10 Å². The van der Waals surface area contributed by atoms with Crippen LogP contribution in [0.25, 0.3) is 11.3 Å². The van der Waals surface area contributed by atoms with E-state index in [2.05, 4.69) is 22.4 Å². The molecule has 0 fully saturated rings. The Kier molecular flexibility index (Phi) is 8.72. The van der Waals surface area contributed by atoms with E-state index in [1.807, 2.05) is 53.9 Å². The van der Waals surface area contributed by atoms with Crippen molar-refractivity contribution in [2.45, 2.75) is 39.0 Å². The fourth-order valence-corrected chi connectivity index (χ4v) is 3.73. The molecule has 0 aliphatic carbocycles. The molecule has 0 unspecified atom stereocenters. The van der Waals surface area contributed by atoms with Gasteiger partial charge in [0.05, 0.1) is 25.6 Å². The second kappa shape index (κ2) is 12.0. The van der Waals surface area contributed by atoms with Crippen molar-refractivity contribution in [3.05, 3.63) is 59.5 Å². The Hall–Kier alpha value is -2.86. The quantitative estimate of drug-likeness (QED) is 0.202. The zero-order valence-corrected chi connectivity index (χ0v) is 18.5. The van der Waals surface area contributed by atoms with E-state index in [0.717, 1.165) is 46.5 Å². The van der Waals surface area contributed by atoms with Crippen molar-refractivity contribution >= 4 is 22.7 Å². The first kappa shape index (κ1) is 21.8. The maximum Gasteiger partial charge on any atom is 0.203 e. The van der Waals surface area contributed by atoms with Crippen LogP contribution >= 0.6 is 11.3 Å². The molecule has 0 spiro atoms. The number of nitrogens with zero attached hydrogens (tertiary/aromatic N) is 2. The SMILES string of the molecule is CCCCCCCOc1ccccc1/C=N\Nc1nc(-c2ccccc2OC)cs1. The lowest BCUT2D eigenvalue weighted by molar-refractivity contribution is 0.304. The molecule has 2 aromatic carbocycles. The molecule has 3 rings (SSSR count). The van der Waals surface area contributed by atoms with Crippen LogP contribution in [0.4, 0.5) is 5.13 Å². The Bertz CT molecular complexity index is 939. The van der Waals surface area contributed by atoms with Gasteiger partial charge in [-0.25, -0.2) is 4.98 Å². The van der Waals surface area contributed by atoms with Crippen LogP contribution in [0.3, 0.4) is 0 Å². The van der Waals surface area contributed by atoms with Crippen LogP contribution in [0, 0.1) is 0 Å². The summed E-state index contributed by atoms with van der Waals surface area (Å²) in [4.78, 5) is 4.61. The molecule has 158 valence electrons. The van der Waals surface area contributed by atoms with Gasteiger partial charge in [-0.15, -0.1) is 11.3 Å². The summed E-state index contributed by atoms with van der Waals surface area (Å²) in [5.41, 5.74) is 5.79. The third-order valence-electron chi connectivity index (χ3n) is 4.68. The lowest BCUT2D eigenvalue weighted by Crippen LogP contribution is -2.00. The average molecular weight is 424 g/mol. The Morgan fingerprint density at radius 2 is 1.77 bits per heavy atom. The van der Waals surface area contributed by atoms with E-state index in [-0.39, 0.29) is 0 Å². The average Bonchev–Trinajstić information content (AvgIpc) is 3.26. The number of hydrazone groups is 1. The summed E-state index contributed by atoms with van der Waals surface area (Å²) in [5.74, 6) is 1.66. The van der Waals surface area contributed by atoms with Crippen molar-refractivity contribution in [3.63, 3.8) is 0 Å². The number of hydrogen-bond donors (Lipinski definition) is 1. The van der Waals surface area contributed by atoms with Gasteiger partial charge < -0.3 is 9.47 Å². The van der Waals surface area contributed by atoms with Crippen LogP contribution in [-0.2, 0) is 0 Å². The number of hydrogen-bond acceptors (Lipinski definition) is 6. The number of methoxy groups -OCH3 is 1. The van der Waals surface area contributed by atoms with Gasteiger partial charge in [-0.1, -0.05) is 56.9 Å². The zero-order chi connectivity index (χ0) is 21.0. The largest absolute Gasteiger partial charge is 0.496 e. The molecule has 0 radical (unpaired) electrons. The molecule has 0 bridgehead atoms. The summed E-state index contributed by atoms with van der Waals surface area (Å²) >= 11 is 1.50. The van der Waals surface area contributed by atoms with Gasteiger partial charge in [-0.3, -0.25) is 5.43 Å². The lowest BCUT2D eigenvalue weighted by atomic mass is 10.1. The smallest absolute Gasteiger partial charge is 0.203 e. The third kappa shape index (κ3) is 6.32. The standard InChI is InChI=1S/C24H29N3O2S/c1-3-4-5-6-11-16-29-22-14-9-7-12-19(22)17-25-27-24-26-21(18-30-24)20-13-8-10-15-23(20)28-2/h7-10,12-15,17-18H,3-6,11,16H2,1-2H3,(H,26,27)/b25-17-. The van der Waals surface area contributed by atoms with Gasteiger partial charge >= 0.3 is 0 Å². The highest BCUT2D eigenvalue weighted by atomic mass is 32.1. The molecule has 5 nitrogen and oxygen atoms in total. The van der Waals surface area contributed by atoms with Crippen molar-refractivity contribution in [3.8, 4) is 22.8 Å². The molecule has 0 aliphatic rings. The van der Waals surface area contributed by atoms with Gasteiger partial charge in [-0.05, 0) is 30.7 Å². The van der Waals surface area contributed by atoms with Gasteiger partial charge in [0.15, 0.2) is 0 Å². The number of unbranched alkanes of at least 4 members (excludes halogenated alkanes) is 4. The highest BCUT2D eigenvalue weighted by Gasteiger charge is 2.09. The van der Waals surface area contributed by atoms with E-state index in [1.165, 1.54) is 37.0 Å². The monoisotopic (exact) mass is 423 g/mol. The second-order valence-electron chi connectivity index (χ2n) is 6.91. The molecular weight excluding hydrogens is 394 g/mol. The summed E-state index contributed by atoms with van der Waals surface area (Å²) in [5, 5.41) is 7.07. The first-order chi connectivity index (χ1) is 14.8. The first-order valence-corrected chi connectivity index (χ1v) is 11.3. The molecule has 0 saturated carbocycles. The van der Waals surface area contributed by atoms with Gasteiger partial charge in [0.2, 0.25) is 5.13 Å². The topological polar surface area (TPSA) is 55.7 Å². The predicted molar refractivity (Wildman–Crippen MR) is 126 cm³/mol. The molecule has 1 aromatic heterocycles. The summed E-state index contributed by atoms with van der Waals surface area (Å²) in [6.07, 6.45) is 7.89. The Balaban J connectivity index is 1.56. The fourth-order valence-electron chi connectivity index (χ4n) is 3.07. The number of nitrogens with one attached hydrogen (secondary N) is 1. The summed E-state index contributed by atoms with van der Waals surface area (Å²) in [7, 11) is 1.67. The maximum atomic E-state index is 5.96. The van der Waals surface area contributed by atoms with E-state index >= 15 is 0 Å².